The monoisotopic (exact) mass is 248 g/mol. The highest BCUT2D eigenvalue weighted by molar-refractivity contribution is 5.90. The molecule has 0 fully saturated rings. The molecule has 1 heterocycles. The van der Waals surface area contributed by atoms with Crippen LogP contribution in [-0.2, 0) is 0 Å². The van der Waals surface area contributed by atoms with Gasteiger partial charge in [0, 0.05) is 6.54 Å². The Morgan fingerprint density at radius 1 is 1.28 bits per heavy atom. The Kier molecular flexibility index (Phi) is 3.54. The van der Waals surface area contributed by atoms with Gasteiger partial charge in [0.2, 0.25) is 5.69 Å². The van der Waals surface area contributed by atoms with Crippen molar-refractivity contribution in [2.75, 3.05) is 18.5 Å². The van der Waals surface area contributed by atoms with E-state index in [-0.39, 0.29) is 24.7 Å². The second-order valence-electron chi connectivity index (χ2n) is 3.48. The van der Waals surface area contributed by atoms with E-state index in [4.69, 9.17) is 10.2 Å². The van der Waals surface area contributed by atoms with E-state index in [0.717, 1.165) is 0 Å². The number of rotatable bonds is 5. The van der Waals surface area contributed by atoms with Gasteiger partial charge in [0.1, 0.15) is 0 Å². The number of carboxylic acids is 1. The number of hydrogen-bond donors (Lipinski definition) is 3. The first-order valence-corrected chi connectivity index (χ1v) is 5.33. The Labute approximate surface area is 103 Å². The molecule has 2 aromatic rings. The average Bonchev–Trinajstić information content (AvgIpc) is 2.81. The highest BCUT2D eigenvalue weighted by Gasteiger charge is 2.17. The molecule has 0 bridgehead atoms. The third-order valence-electron chi connectivity index (χ3n) is 2.21. The number of anilines is 1. The van der Waals surface area contributed by atoms with E-state index in [1.54, 1.807) is 24.3 Å². The van der Waals surface area contributed by atoms with Crippen molar-refractivity contribution in [3.05, 3.63) is 36.0 Å². The summed E-state index contributed by atoms with van der Waals surface area (Å²) in [6.07, 6.45) is 0. The topological polar surface area (TPSA) is 100 Å². The smallest absolute Gasteiger partial charge is 0.360 e. The number of aromatic carboxylic acids is 1. The highest BCUT2D eigenvalue weighted by Crippen LogP contribution is 2.12. The van der Waals surface area contributed by atoms with Crippen molar-refractivity contribution in [1.29, 1.82) is 0 Å². The molecule has 1 aromatic carbocycles. The fourth-order valence-electron chi connectivity index (χ4n) is 1.42. The van der Waals surface area contributed by atoms with E-state index < -0.39 is 5.97 Å². The van der Waals surface area contributed by atoms with Crippen LogP contribution in [0.15, 0.2) is 30.3 Å². The van der Waals surface area contributed by atoms with Crippen molar-refractivity contribution in [3.8, 4) is 5.69 Å². The van der Waals surface area contributed by atoms with Crippen LogP contribution in [-0.4, -0.2) is 44.3 Å². The second-order valence-corrected chi connectivity index (χ2v) is 3.48. The fourth-order valence-corrected chi connectivity index (χ4v) is 1.42. The van der Waals surface area contributed by atoms with E-state index in [1.165, 1.54) is 4.80 Å². The highest BCUT2D eigenvalue weighted by atomic mass is 16.4. The number of aliphatic hydroxyl groups is 1. The van der Waals surface area contributed by atoms with Crippen LogP contribution in [0.25, 0.3) is 5.69 Å². The normalized spacial score (nSPS) is 10.3. The van der Waals surface area contributed by atoms with E-state index >= 15 is 0 Å². The Morgan fingerprint density at radius 2 is 2.00 bits per heavy atom. The summed E-state index contributed by atoms with van der Waals surface area (Å²) in [5.41, 5.74) is 0.490. The first-order valence-electron chi connectivity index (χ1n) is 5.33. The van der Waals surface area contributed by atoms with Crippen molar-refractivity contribution in [3.63, 3.8) is 0 Å². The van der Waals surface area contributed by atoms with Gasteiger partial charge in [-0.2, -0.15) is 0 Å². The number of benzene rings is 1. The standard InChI is InChI=1S/C11H12N4O3/c16-7-6-12-10-9(11(17)18)13-15(14-10)8-4-2-1-3-5-8/h1-5,16H,6-7H2,(H,12,14)(H,17,18). The van der Waals surface area contributed by atoms with Gasteiger partial charge in [-0.3, -0.25) is 0 Å². The van der Waals surface area contributed by atoms with Crippen molar-refractivity contribution in [1.82, 2.24) is 15.0 Å². The van der Waals surface area contributed by atoms with E-state index in [2.05, 4.69) is 15.5 Å². The van der Waals surface area contributed by atoms with Gasteiger partial charge in [-0.25, -0.2) is 4.79 Å². The van der Waals surface area contributed by atoms with Gasteiger partial charge in [-0.15, -0.1) is 15.0 Å². The molecule has 94 valence electrons. The Bertz CT molecular complexity index is 538. The van der Waals surface area contributed by atoms with Crippen molar-refractivity contribution in [2.45, 2.75) is 0 Å². The quantitative estimate of drug-likeness (QED) is 0.706. The van der Waals surface area contributed by atoms with E-state index in [1.807, 2.05) is 6.07 Å². The average molecular weight is 248 g/mol. The molecule has 18 heavy (non-hydrogen) atoms. The van der Waals surface area contributed by atoms with Crippen LogP contribution in [0.4, 0.5) is 5.82 Å². The van der Waals surface area contributed by atoms with Crippen LogP contribution in [0.1, 0.15) is 10.5 Å². The van der Waals surface area contributed by atoms with Gasteiger partial charge < -0.3 is 15.5 Å². The summed E-state index contributed by atoms with van der Waals surface area (Å²) in [7, 11) is 0. The number of carbonyl (C=O) groups is 1. The third kappa shape index (κ3) is 2.46. The summed E-state index contributed by atoms with van der Waals surface area (Å²) in [6.45, 7) is 0.102. The lowest BCUT2D eigenvalue weighted by atomic mass is 10.3. The van der Waals surface area contributed by atoms with Crippen LogP contribution in [0.2, 0.25) is 0 Å². The van der Waals surface area contributed by atoms with Gasteiger partial charge >= 0.3 is 5.97 Å². The lowest BCUT2D eigenvalue weighted by Crippen LogP contribution is -2.09. The molecule has 0 aliphatic rings. The zero-order chi connectivity index (χ0) is 13.0. The van der Waals surface area contributed by atoms with Crippen LogP contribution in [0.3, 0.4) is 0 Å². The molecule has 0 aliphatic carbocycles. The third-order valence-corrected chi connectivity index (χ3v) is 2.21. The second kappa shape index (κ2) is 5.28. The summed E-state index contributed by atoms with van der Waals surface area (Å²) in [6, 6.07) is 8.98. The molecule has 0 saturated carbocycles. The summed E-state index contributed by atoms with van der Waals surface area (Å²) >= 11 is 0. The number of hydrogen-bond acceptors (Lipinski definition) is 5. The van der Waals surface area contributed by atoms with Crippen molar-refractivity contribution < 1.29 is 15.0 Å². The first-order chi connectivity index (χ1) is 8.72. The zero-order valence-electron chi connectivity index (χ0n) is 9.45. The number of para-hydroxylation sites is 1. The van der Waals surface area contributed by atoms with Crippen LogP contribution >= 0.6 is 0 Å². The zero-order valence-corrected chi connectivity index (χ0v) is 9.45. The predicted octanol–water partition coefficient (Wildman–Crippen LogP) is 0.370. The summed E-state index contributed by atoms with van der Waals surface area (Å²) < 4.78 is 0. The lowest BCUT2D eigenvalue weighted by Gasteiger charge is -1.99. The molecule has 2 rings (SSSR count). The van der Waals surface area contributed by atoms with Gasteiger partial charge in [0.15, 0.2) is 5.82 Å². The van der Waals surface area contributed by atoms with Crippen LogP contribution in [0, 0.1) is 0 Å². The van der Waals surface area contributed by atoms with E-state index in [9.17, 15) is 4.79 Å². The van der Waals surface area contributed by atoms with Gasteiger partial charge in [-0.1, -0.05) is 18.2 Å². The molecule has 0 unspecified atom stereocenters. The fraction of sp³-hybridized carbons (Fsp3) is 0.182. The largest absolute Gasteiger partial charge is 0.476 e. The molecule has 0 radical (unpaired) electrons. The molecule has 7 nitrogen and oxygen atoms in total. The maximum atomic E-state index is 11.0. The van der Waals surface area contributed by atoms with Crippen molar-refractivity contribution >= 4 is 11.8 Å². The number of carboxylic acid groups (broad SMARTS) is 1. The molecular formula is C11H12N4O3. The summed E-state index contributed by atoms with van der Waals surface area (Å²) in [5.74, 6) is -1.03. The number of nitrogens with one attached hydrogen (secondary N) is 1. The molecule has 0 spiro atoms. The number of aromatic nitrogens is 3. The Hall–Kier alpha value is -2.41. The van der Waals surface area contributed by atoms with Crippen molar-refractivity contribution in [2.24, 2.45) is 0 Å². The molecule has 3 N–H and O–H groups in total. The predicted molar refractivity (Wildman–Crippen MR) is 63.9 cm³/mol. The minimum absolute atomic E-state index is 0.114. The molecule has 0 aliphatic heterocycles. The van der Waals surface area contributed by atoms with Gasteiger partial charge in [0.05, 0.1) is 12.3 Å². The number of nitrogens with zero attached hydrogens (tertiary/aromatic N) is 3. The molecular weight excluding hydrogens is 236 g/mol. The van der Waals surface area contributed by atoms with E-state index in [0.29, 0.717) is 5.69 Å². The van der Waals surface area contributed by atoms with Gasteiger partial charge in [-0.05, 0) is 12.1 Å². The lowest BCUT2D eigenvalue weighted by molar-refractivity contribution is 0.0691. The molecule has 0 atom stereocenters. The molecule has 0 amide bonds. The Balaban J connectivity index is 2.36. The molecule has 1 aromatic heterocycles. The van der Waals surface area contributed by atoms with Crippen LogP contribution in [0.5, 0.6) is 0 Å². The summed E-state index contributed by atoms with van der Waals surface area (Å²) in [5, 5.41) is 28.4. The maximum Gasteiger partial charge on any atom is 0.360 e. The first kappa shape index (κ1) is 12.1. The maximum absolute atomic E-state index is 11.0. The Morgan fingerprint density at radius 3 is 2.61 bits per heavy atom. The number of aliphatic hydroxyl groups excluding tert-OH is 1. The van der Waals surface area contributed by atoms with Crippen LogP contribution < -0.4 is 5.32 Å². The SMILES string of the molecule is O=C(O)c1nn(-c2ccccc2)nc1NCCO. The minimum atomic E-state index is -1.17. The summed E-state index contributed by atoms with van der Waals surface area (Å²) in [4.78, 5) is 12.3. The molecule has 0 saturated heterocycles. The minimum Gasteiger partial charge on any atom is -0.476 e. The molecule has 7 heteroatoms. The van der Waals surface area contributed by atoms with Gasteiger partial charge in [0.25, 0.3) is 0 Å².